The predicted molar refractivity (Wildman–Crippen MR) is 163 cm³/mol. The molecular weight excluding hydrogens is 591 g/mol. The smallest absolute Gasteiger partial charge is 0.314 e. The van der Waals surface area contributed by atoms with Crippen LogP contribution in [0.4, 0.5) is 22.0 Å². The second-order valence-electron chi connectivity index (χ2n) is 11.7. The van der Waals surface area contributed by atoms with Gasteiger partial charge in [-0.1, -0.05) is 51.7 Å². The lowest BCUT2D eigenvalue weighted by molar-refractivity contribution is -0.140. The van der Waals surface area contributed by atoms with Crippen molar-refractivity contribution < 1.29 is 41.0 Å². The fourth-order valence-corrected chi connectivity index (χ4v) is 5.67. The first-order valence-corrected chi connectivity index (χ1v) is 15.9. The Morgan fingerprint density at radius 3 is 1.93 bits per heavy atom. The standard InChI is InChI=1S/C36H41F5O4/c1-3-5-6-7-23-8-12-25(13-9-23)36(42)45-27-14-10-24(11-15-27)21-26(37)22-44-31-19-17-29(33(39)35(31)41)28-16-18-30(43-20-4-2)34(40)32(28)38/h10-11,14-19,23,25-26H,3-9,12-13,20-22H2,1-2H3. The van der Waals surface area contributed by atoms with Crippen LogP contribution in [0.15, 0.2) is 48.5 Å². The van der Waals surface area contributed by atoms with Crippen LogP contribution in [0.5, 0.6) is 17.2 Å². The lowest BCUT2D eigenvalue weighted by Crippen LogP contribution is -2.25. The summed E-state index contributed by atoms with van der Waals surface area (Å²) < 4.78 is 89.2. The third-order valence-electron chi connectivity index (χ3n) is 8.26. The summed E-state index contributed by atoms with van der Waals surface area (Å²) in [5.41, 5.74) is -0.391. The van der Waals surface area contributed by atoms with Crippen molar-refractivity contribution in [2.75, 3.05) is 13.2 Å². The summed E-state index contributed by atoms with van der Waals surface area (Å²) in [6.07, 6.45) is 7.63. The Hall–Kier alpha value is -3.62. The first-order valence-electron chi connectivity index (χ1n) is 15.9. The largest absolute Gasteiger partial charge is 0.490 e. The predicted octanol–water partition coefficient (Wildman–Crippen LogP) is 9.95. The van der Waals surface area contributed by atoms with Gasteiger partial charge in [0.2, 0.25) is 11.6 Å². The minimum absolute atomic E-state index is 0.0740. The number of halogens is 5. The summed E-state index contributed by atoms with van der Waals surface area (Å²) in [6, 6.07) is 10.8. The van der Waals surface area contributed by atoms with Crippen molar-refractivity contribution in [1.29, 1.82) is 0 Å². The van der Waals surface area contributed by atoms with E-state index in [4.69, 9.17) is 14.2 Å². The zero-order valence-electron chi connectivity index (χ0n) is 25.9. The lowest BCUT2D eigenvalue weighted by atomic mass is 9.80. The summed E-state index contributed by atoms with van der Waals surface area (Å²) in [6.45, 7) is 3.59. The number of carbonyl (C=O) groups is 1. The van der Waals surface area contributed by atoms with Crippen molar-refractivity contribution in [3.05, 3.63) is 77.4 Å². The van der Waals surface area contributed by atoms with Crippen molar-refractivity contribution in [1.82, 2.24) is 0 Å². The van der Waals surface area contributed by atoms with E-state index < -0.39 is 52.9 Å². The Labute approximate surface area is 261 Å². The average Bonchev–Trinajstić information content (AvgIpc) is 3.04. The minimum atomic E-state index is -1.56. The number of rotatable bonds is 15. The molecule has 4 rings (SSSR count). The monoisotopic (exact) mass is 632 g/mol. The number of hydrogen-bond acceptors (Lipinski definition) is 4. The highest BCUT2D eigenvalue weighted by Crippen LogP contribution is 2.35. The van der Waals surface area contributed by atoms with Crippen LogP contribution >= 0.6 is 0 Å². The highest BCUT2D eigenvalue weighted by atomic mass is 19.2. The molecule has 1 saturated carbocycles. The number of benzene rings is 3. The molecule has 0 aliphatic heterocycles. The molecule has 0 heterocycles. The number of alkyl halides is 1. The van der Waals surface area contributed by atoms with Crippen LogP contribution < -0.4 is 14.2 Å². The highest BCUT2D eigenvalue weighted by Gasteiger charge is 2.28. The maximum absolute atomic E-state index is 14.9. The maximum atomic E-state index is 14.9. The summed E-state index contributed by atoms with van der Waals surface area (Å²) in [5.74, 6) is -5.72. The van der Waals surface area contributed by atoms with Gasteiger partial charge < -0.3 is 14.2 Å². The zero-order valence-corrected chi connectivity index (χ0v) is 25.9. The molecule has 0 spiro atoms. The second-order valence-corrected chi connectivity index (χ2v) is 11.7. The van der Waals surface area contributed by atoms with Crippen LogP contribution in [0.25, 0.3) is 11.1 Å². The molecule has 0 radical (unpaired) electrons. The van der Waals surface area contributed by atoms with Gasteiger partial charge in [-0.15, -0.1) is 0 Å². The molecule has 3 aromatic carbocycles. The molecule has 1 fully saturated rings. The molecule has 9 heteroatoms. The van der Waals surface area contributed by atoms with Crippen LogP contribution in [0.1, 0.15) is 77.2 Å². The molecule has 0 saturated heterocycles. The van der Waals surface area contributed by atoms with E-state index in [1.807, 2.05) is 0 Å². The molecule has 3 aromatic rings. The molecular formula is C36H41F5O4. The third-order valence-corrected chi connectivity index (χ3v) is 8.26. The van der Waals surface area contributed by atoms with Crippen LogP contribution in [0, 0.1) is 35.1 Å². The van der Waals surface area contributed by atoms with Gasteiger partial charge in [0.1, 0.15) is 18.5 Å². The Bertz CT molecular complexity index is 1400. The highest BCUT2D eigenvalue weighted by molar-refractivity contribution is 5.75. The van der Waals surface area contributed by atoms with E-state index in [1.54, 1.807) is 31.2 Å². The first-order chi connectivity index (χ1) is 21.7. The van der Waals surface area contributed by atoms with E-state index in [9.17, 15) is 26.7 Å². The van der Waals surface area contributed by atoms with Gasteiger partial charge >= 0.3 is 5.97 Å². The molecule has 4 nitrogen and oxygen atoms in total. The topological polar surface area (TPSA) is 44.8 Å². The Morgan fingerprint density at radius 1 is 0.756 bits per heavy atom. The third kappa shape index (κ3) is 9.21. The van der Waals surface area contributed by atoms with Crippen molar-refractivity contribution in [2.45, 2.75) is 84.2 Å². The Balaban J connectivity index is 1.27. The summed E-state index contributed by atoms with van der Waals surface area (Å²) in [5, 5.41) is 0. The minimum Gasteiger partial charge on any atom is -0.490 e. The summed E-state index contributed by atoms with van der Waals surface area (Å²) in [7, 11) is 0. The van der Waals surface area contributed by atoms with E-state index in [0.717, 1.165) is 49.9 Å². The van der Waals surface area contributed by atoms with Gasteiger partial charge in [0.05, 0.1) is 12.5 Å². The quantitative estimate of drug-likeness (QED) is 0.0724. The van der Waals surface area contributed by atoms with Crippen molar-refractivity contribution in [3.63, 3.8) is 0 Å². The molecule has 1 atom stereocenters. The van der Waals surface area contributed by atoms with Gasteiger partial charge in [-0.05, 0) is 80.0 Å². The fraction of sp³-hybridized carbons (Fsp3) is 0.472. The molecule has 1 aliphatic rings. The van der Waals surface area contributed by atoms with Gasteiger partial charge in [0.25, 0.3) is 0 Å². The normalized spacial score (nSPS) is 17.1. The van der Waals surface area contributed by atoms with Crippen LogP contribution in [-0.4, -0.2) is 25.4 Å². The molecule has 0 amide bonds. The number of hydrogen-bond donors (Lipinski definition) is 0. The Kier molecular flexibility index (Phi) is 12.7. The first kappa shape index (κ1) is 34.3. The van der Waals surface area contributed by atoms with E-state index in [0.29, 0.717) is 23.7 Å². The van der Waals surface area contributed by atoms with Gasteiger partial charge in [-0.2, -0.15) is 8.78 Å². The molecule has 244 valence electrons. The maximum Gasteiger partial charge on any atom is 0.314 e. The number of unbranched alkanes of at least 4 members (excludes halogenated alkanes) is 2. The van der Waals surface area contributed by atoms with Gasteiger partial charge in [-0.3, -0.25) is 4.79 Å². The molecule has 0 aromatic heterocycles. The SMILES string of the molecule is CCCCCC1CCC(C(=O)Oc2ccc(CC(F)COc3ccc(-c4ccc(OCCC)c(F)c4F)c(F)c3F)cc2)CC1. The van der Waals surface area contributed by atoms with Gasteiger partial charge in [0.15, 0.2) is 23.1 Å². The van der Waals surface area contributed by atoms with E-state index in [2.05, 4.69) is 6.92 Å². The second kappa shape index (κ2) is 16.6. The van der Waals surface area contributed by atoms with E-state index in [-0.39, 0.29) is 30.7 Å². The molecule has 1 aliphatic carbocycles. The van der Waals surface area contributed by atoms with Crippen molar-refractivity contribution in [3.8, 4) is 28.4 Å². The van der Waals surface area contributed by atoms with Crippen LogP contribution in [0.3, 0.4) is 0 Å². The molecule has 1 unspecified atom stereocenters. The number of carbonyl (C=O) groups excluding carboxylic acids is 1. The zero-order chi connectivity index (χ0) is 32.3. The van der Waals surface area contributed by atoms with E-state index in [1.165, 1.54) is 25.7 Å². The number of esters is 1. The van der Waals surface area contributed by atoms with Crippen molar-refractivity contribution in [2.24, 2.45) is 11.8 Å². The Morgan fingerprint density at radius 2 is 1.36 bits per heavy atom. The lowest BCUT2D eigenvalue weighted by Gasteiger charge is -2.27. The van der Waals surface area contributed by atoms with E-state index >= 15 is 0 Å². The van der Waals surface area contributed by atoms with Crippen molar-refractivity contribution >= 4 is 5.97 Å². The summed E-state index contributed by atoms with van der Waals surface area (Å²) >= 11 is 0. The van der Waals surface area contributed by atoms with Gasteiger partial charge in [-0.25, -0.2) is 13.2 Å². The van der Waals surface area contributed by atoms with Crippen LogP contribution in [0.2, 0.25) is 0 Å². The van der Waals surface area contributed by atoms with Crippen LogP contribution in [-0.2, 0) is 11.2 Å². The molecule has 0 N–H and O–H groups in total. The fourth-order valence-electron chi connectivity index (χ4n) is 5.67. The molecule has 45 heavy (non-hydrogen) atoms. The number of ether oxygens (including phenoxy) is 3. The summed E-state index contributed by atoms with van der Waals surface area (Å²) in [4.78, 5) is 12.7. The van der Waals surface area contributed by atoms with Gasteiger partial charge in [0, 0.05) is 17.5 Å². The average molecular weight is 633 g/mol. The molecule has 0 bridgehead atoms.